The average molecular weight is 426 g/mol. The predicted molar refractivity (Wildman–Crippen MR) is 121 cm³/mol. The van der Waals surface area contributed by atoms with Gasteiger partial charge in [0.1, 0.15) is 11.5 Å². The Labute approximate surface area is 182 Å². The van der Waals surface area contributed by atoms with Crippen molar-refractivity contribution in [1.82, 2.24) is 5.32 Å². The van der Waals surface area contributed by atoms with Gasteiger partial charge in [0.15, 0.2) is 0 Å². The van der Waals surface area contributed by atoms with Gasteiger partial charge in [0.25, 0.3) is 5.91 Å². The van der Waals surface area contributed by atoms with Gasteiger partial charge in [-0.15, -0.1) is 0 Å². The molecule has 30 heavy (non-hydrogen) atoms. The number of hydrazone groups is 1. The van der Waals surface area contributed by atoms with Crippen LogP contribution in [0.4, 0.5) is 5.69 Å². The number of carbonyl (C=O) groups is 1. The molecule has 0 spiro atoms. The summed E-state index contributed by atoms with van der Waals surface area (Å²) < 4.78 is 0. The number of phenolic OH excluding ortho intramolecular Hbond substituents is 1. The Balaban J connectivity index is 1.65. The first kappa shape index (κ1) is 20.7. The van der Waals surface area contributed by atoms with Gasteiger partial charge in [0, 0.05) is 12.0 Å². The third-order valence-electron chi connectivity index (χ3n) is 6.14. The first-order valence-corrected chi connectivity index (χ1v) is 11.1. The fourth-order valence-electron chi connectivity index (χ4n) is 4.51. The molecule has 1 heterocycles. The molecule has 2 aromatic carbocycles. The summed E-state index contributed by atoms with van der Waals surface area (Å²) in [5, 5.41) is 20.1. The molecular weight excluding hydrogens is 398 g/mol. The van der Waals surface area contributed by atoms with E-state index in [2.05, 4.69) is 5.32 Å². The van der Waals surface area contributed by atoms with E-state index in [0.717, 1.165) is 36.9 Å². The number of benzene rings is 2. The number of anilines is 1. The Bertz CT molecular complexity index is 920. The lowest BCUT2D eigenvalue weighted by Gasteiger charge is -2.27. The molecule has 1 aliphatic heterocycles. The van der Waals surface area contributed by atoms with Crippen molar-refractivity contribution in [1.29, 1.82) is 0 Å². The van der Waals surface area contributed by atoms with Gasteiger partial charge >= 0.3 is 0 Å². The zero-order chi connectivity index (χ0) is 21.1. The molecule has 1 aliphatic carbocycles. The largest absolute Gasteiger partial charge is 0.508 e. The summed E-state index contributed by atoms with van der Waals surface area (Å²) in [6.45, 7) is 2.03. The fraction of sp³-hybridized carbons (Fsp3) is 0.417. The second-order valence-corrected chi connectivity index (χ2v) is 8.68. The first-order valence-electron chi connectivity index (χ1n) is 10.8. The minimum Gasteiger partial charge on any atom is -0.508 e. The summed E-state index contributed by atoms with van der Waals surface area (Å²) in [5.41, 5.74) is 2.26. The van der Waals surface area contributed by atoms with Crippen molar-refractivity contribution in [2.75, 3.05) is 5.01 Å². The number of carbonyl (C=O) groups excluding carboxylic acids is 1. The molecule has 0 saturated heterocycles. The monoisotopic (exact) mass is 425 g/mol. The molecule has 2 atom stereocenters. The number of rotatable bonds is 4. The topological polar surface area (TPSA) is 64.9 Å². The van der Waals surface area contributed by atoms with E-state index in [1.807, 2.05) is 48.3 Å². The third kappa shape index (κ3) is 4.31. The summed E-state index contributed by atoms with van der Waals surface area (Å²) in [6.07, 6.45) is 6.87. The van der Waals surface area contributed by atoms with Crippen LogP contribution < -0.4 is 10.3 Å². The van der Waals surface area contributed by atoms with Crippen molar-refractivity contribution in [2.45, 2.75) is 57.5 Å². The number of para-hydroxylation sites is 1. The van der Waals surface area contributed by atoms with Gasteiger partial charge in [-0.1, -0.05) is 68.5 Å². The van der Waals surface area contributed by atoms with Crippen LogP contribution in [0.5, 0.6) is 5.75 Å². The maximum Gasteiger partial charge on any atom is 0.268 e. The highest BCUT2D eigenvalue weighted by molar-refractivity contribution is 6.40. The minimum atomic E-state index is -0.180. The van der Waals surface area contributed by atoms with E-state index in [4.69, 9.17) is 16.7 Å². The normalized spacial score (nSPS) is 22.5. The van der Waals surface area contributed by atoms with Crippen LogP contribution in [0.1, 0.15) is 57.1 Å². The molecule has 1 amide bonds. The SMILES string of the molecule is CC1C(C(=O)NC2CCCCCC2)=NN(c2ccccc2Cl)C1c1ccc(O)cc1. The zero-order valence-electron chi connectivity index (χ0n) is 17.2. The summed E-state index contributed by atoms with van der Waals surface area (Å²) in [5.74, 6) is -0.00901. The lowest BCUT2D eigenvalue weighted by Crippen LogP contribution is -2.40. The zero-order valence-corrected chi connectivity index (χ0v) is 18.0. The summed E-state index contributed by atoms with van der Waals surface area (Å²) >= 11 is 6.48. The number of nitrogens with one attached hydrogen (secondary N) is 1. The predicted octanol–water partition coefficient (Wildman–Crippen LogP) is 5.44. The molecule has 2 aromatic rings. The smallest absolute Gasteiger partial charge is 0.268 e. The maximum absolute atomic E-state index is 13.2. The van der Waals surface area contributed by atoms with Crippen LogP contribution in [-0.4, -0.2) is 22.8 Å². The van der Waals surface area contributed by atoms with Crippen molar-refractivity contribution in [3.05, 3.63) is 59.1 Å². The van der Waals surface area contributed by atoms with E-state index in [9.17, 15) is 9.90 Å². The Kier molecular flexibility index (Phi) is 6.28. The first-order chi connectivity index (χ1) is 14.5. The molecule has 0 aromatic heterocycles. The van der Waals surface area contributed by atoms with Gasteiger partial charge in [-0.25, -0.2) is 0 Å². The second-order valence-electron chi connectivity index (χ2n) is 8.27. The Morgan fingerprint density at radius 1 is 1.07 bits per heavy atom. The standard InChI is InChI=1S/C24H28ClN3O2/c1-16-22(24(30)26-18-8-4-2-3-5-9-18)27-28(21-11-7-6-10-20(21)25)23(16)17-12-14-19(29)15-13-17/h6-7,10-16,18,23,29H,2-5,8-9H2,1H3,(H,26,30). The molecule has 2 N–H and O–H groups in total. The van der Waals surface area contributed by atoms with Crippen molar-refractivity contribution in [2.24, 2.45) is 11.0 Å². The highest BCUT2D eigenvalue weighted by atomic mass is 35.5. The number of nitrogens with zero attached hydrogens (tertiary/aromatic N) is 2. The fourth-order valence-corrected chi connectivity index (χ4v) is 4.73. The van der Waals surface area contributed by atoms with Crippen LogP contribution in [0.25, 0.3) is 0 Å². The van der Waals surface area contributed by atoms with Gasteiger partial charge in [-0.3, -0.25) is 9.80 Å². The van der Waals surface area contributed by atoms with Gasteiger partial charge in [-0.2, -0.15) is 5.10 Å². The third-order valence-corrected chi connectivity index (χ3v) is 6.46. The summed E-state index contributed by atoms with van der Waals surface area (Å²) in [6, 6.07) is 14.7. The minimum absolute atomic E-state index is 0.0901. The van der Waals surface area contributed by atoms with Crippen LogP contribution in [0, 0.1) is 5.92 Å². The number of amides is 1. The molecule has 2 unspecified atom stereocenters. The Hall–Kier alpha value is -2.53. The van der Waals surface area contributed by atoms with Crippen LogP contribution in [-0.2, 0) is 4.79 Å². The average Bonchev–Trinajstić information content (AvgIpc) is 2.89. The molecule has 5 nitrogen and oxygen atoms in total. The van der Waals surface area contributed by atoms with Gasteiger partial charge in [0.05, 0.1) is 16.8 Å². The van der Waals surface area contributed by atoms with E-state index in [0.29, 0.717) is 10.7 Å². The summed E-state index contributed by atoms with van der Waals surface area (Å²) in [4.78, 5) is 13.2. The Morgan fingerprint density at radius 3 is 2.40 bits per heavy atom. The molecule has 158 valence electrons. The van der Waals surface area contributed by atoms with Crippen molar-refractivity contribution in [3.8, 4) is 5.75 Å². The quantitative estimate of drug-likeness (QED) is 0.641. The highest BCUT2D eigenvalue weighted by Gasteiger charge is 2.40. The van der Waals surface area contributed by atoms with Crippen molar-refractivity contribution in [3.63, 3.8) is 0 Å². The van der Waals surface area contributed by atoms with Crippen LogP contribution in [0.15, 0.2) is 53.6 Å². The molecule has 2 aliphatic rings. The number of aromatic hydroxyl groups is 1. The molecule has 1 saturated carbocycles. The van der Waals surface area contributed by atoms with E-state index in [1.165, 1.54) is 12.8 Å². The van der Waals surface area contributed by atoms with E-state index >= 15 is 0 Å². The molecular formula is C24H28ClN3O2. The van der Waals surface area contributed by atoms with E-state index < -0.39 is 0 Å². The van der Waals surface area contributed by atoms with Gasteiger partial charge < -0.3 is 10.4 Å². The lowest BCUT2D eigenvalue weighted by atomic mass is 9.90. The van der Waals surface area contributed by atoms with Gasteiger partial charge in [0.2, 0.25) is 0 Å². The van der Waals surface area contributed by atoms with Crippen molar-refractivity contribution < 1.29 is 9.90 Å². The molecule has 6 heteroatoms. The molecule has 1 fully saturated rings. The Morgan fingerprint density at radius 2 is 1.73 bits per heavy atom. The molecule has 0 radical (unpaired) electrons. The number of hydrogen-bond acceptors (Lipinski definition) is 4. The van der Waals surface area contributed by atoms with Crippen LogP contribution in [0.3, 0.4) is 0 Å². The number of hydrogen-bond donors (Lipinski definition) is 2. The highest BCUT2D eigenvalue weighted by Crippen LogP contribution is 2.42. The van der Waals surface area contributed by atoms with Crippen LogP contribution in [0.2, 0.25) is 5.02 Å². The molecule has 0 bridgehead atoms. The lowest BCUT2D eigenvalue weighted by molar-refractivity contribution is -0.115. The second kappa shape index (κ2) is 9.09. The van der Waals surface area contributed by atoms with Gasteiger partial charge in [-0.05, 0) is 42.7 Å². The number of phenols is 1. The van der Waals surface area contributed by atoms with E-state index in [-0.39, 0.29) is 29.7 Å². The molecule has 4 rings (SSSR count). The number of halogens is 1. The van der Waals surface area contributed by atoms with E-state index in [1.54, 1.807) is 12.1 Å². The summed E-state index contributed by atoms with van der Waals surface area (Å²) in [7, 11) is 0. The van der Waals surface area contributed by atoms with Crippen LogP contribution >= 0.6 is 11.6 Å². The maximum atomic E-state index is 13.2. The van der Waals surface area contributed by atoms with Crippen molar-refractivity contribution >= 4 is 28.9 Å².